The highest BCUT2D eigenvalue weighted by atomic mass is 32.2. The number of ether oxygens (including phenoxy) is 1. The summed E-state index contributed by atoms with van der Waals surface area (Å²) in [5.41, 5.74) is 0.163. The predicted octanol–water partition coefficient (Wildman–Crippen LogP) is 2.16. The van der Waals surface area contributed by atoms with Gasteiger partial charge in [0.2, 0.25) is 10.0 Å². The van der Waals surface area contributed by atoms with Gasteiger partial charge in [-0.3, -0.25) is 4.79 Å². The summed E-state index contributed by atoms with van der Waals surface area (Å²) < 4.78 is 46.0. The molecule has 2 unspecified atom stereocenters. The van der Waals surface area contributed by atoms with Crippen LogP contribution in [0.4, 0.5) is 4.39 Å². The predicted molar refractivity (Wildman–Crippen MR) is 94.9 cm³/mol. The minimum Gasteiger partial charge on any atom is -0.379 e. The Labute approximate surface area is 153 Å². The van der Waals surface area contributed by atoms with Gasteiger partial charge >= 0.3 is 0 Å². The van der Waals surface area contributed by atoms with E-state index < -0.39 is 20.7 Å². The van der Waals surface area contributed by atoms with Crippen molar-refractivity contribution >= 4 is 15.9 Å². The number of morpholine rings is 1. The average molecular weight is 384 g/mol. The fourth-order valence-corrected chi connectivity index (χ4v) is 5.05. The largest absolute Gasteiger partial charge is 0.379 e. The zero-order chi connectivity index (χ0) is 18.7. The molecule has 144 valence electrons. The van der Waals surface area contributed by atoms with E-state index in [2.05, 4.69) is 12.2 Å². The third kappa shape index (κ3) is 4.07. The van der Waals surface area contributed by atoms with E-state index in [0.29, 0.717) is 5.92 Å². The number of hydrogen-bond acceptors (Lipinski definition) is 4. The summed E-state index contributed by atoms with van der Waals surface area (Å²) in [5, 5.41) is 2.97. The van der Waals surface area contributed by atoms with Crippen molar-refractivity contribution in [2.24, 2.45) is 5.92 Å². The van der Waals surface area contributed by atoms with E-state index >= 15 is 0 Å². The number of halogens is 1. The van der Waals surface area contributed by atoms with E-state index in [4.69, 9.17) is 4.74 Å². The standard InChI is InChI=1S/C18H25FN2O4S/c1-13-4-2-3-5-16(13)20-18(22)14-6-7-15(19)17(12-14)26(23,24)21-8-10-25-11-9-21/h6-7,12-13,16H,2-5,8-11H2,1H3,(H,20,22). The number of carbonyl (C=O) groups is 1. The van der Waals surface area contributed by atoms with Crippen LogP contribution in [-0.4, -0.2) is 51.0 Å². The molecule has 1 aliphatic carbocycles. The number of carbonyl (C=O) groups excluding carboxylic acids is 1. The normalized spacial score (nSPS) is 25.0. The molecular weight excluding hydrogens is 359 g/mol. The van der Waals surface area contributed by atoms with Crippen molar-refractivity contribution < 1.29 is 22.3 Å². The lowest BCUT2D eigenvalue weighted by molar-refractivity contribution is 0.0729. The minimum absolute atomic E-state index is 0.0700. The summed E-state index contributed by atoms with van der Waals surface area (Å²) in [6.45, 7) is 3.01. The molecule has 26 heavy (non-hydrogen) atoms. The zero-order valence-corrected chi connectivity index (χ0v) is 15.7. The topological polar surface area (TPSA) is 75.7 Å². The first-order valence-corrected chi connectivity index (χ1v) is 10.5. The molecule has 1 amide bonds. The number of benzene rings is 1. The van der Waals surface area contributed by atoms with Gasteiger partial charge in [0.1, 0.15) is 10.7 Å². The van der Waals surface area contributed by atoms with Crippen LogP contribution in [0.1, 0.15) is 43.0 Å². The Balaban J connectivity index is 1.81. The van der Waals surface area contributed by atoms with Crippen LogP contribution in [0.25, 0.3) is 0 Å². The molecule has 1 heterocycles. The van der Waals surface area contributed by atoms with Crippen LogP contribution >= 0.6 is 0 Å². The third-order valence-corrected chi connectivity index (χ3v) is 7.12. The van der Waals surface area contributed by atoms with Gasteiger partial charge in [-0.2, -0.15) is 4.31 Å². The van der Waals surface area contributed by atoms with Gasteiger partial charge < -0.3 is 10.1 Å². The molecule has 6 nitrogen and oxygen atoms in total. The van der Waals surface area contributed by atoms with E-state index in [1.807, 2.05) is 0 Å². The molecule has 2 fully saturated rings. The van der Waals surface area contributed by atoms with Gasteiger partial charge in [-0.15, -0.1) is 0 Å². The maximum atomic E-state index is 14.2. The lowest BCUT2D eigenvalue weighted by Gasteiger charge is -2.29. The van der Waals surface area contributed by atoms with E-state index in [0.717, 1.165) is 37.8 Å². The number of amides is 1. The maximum Gasteiger partial charge on any atom is 0.251 e. The van der Waals surface area contributed by atoms with Crippen molar-refractivity contribution in [2.45, 2.75) is 43.5 Å². The third-order valence-electron chi connectivity index (χ3n) is 5.21. The van der Waals surface area contributed by atoms with Crippen molar-refractivity contribution in [1.29, 1.82) is 0 Å². The van der Waals surface area contributed by atoms with Crippen molar-refractivity contribution in [1.82, 2.24) is 9.62 Å². The monoisotopic (exact) mass is 384 g/mol. The molecular formula is C18H25FN2O4S. The zero-order valence-electron chi connectivity index (χ0n) is 14.9. The number of nitrogens with one attached hydrogen (secondary N) is 1. The van der Waals surface area contributed by atoms with Crippen LogP contribution in [0.2, 0.25) is 0 Å². The molecule has 1 aliphatic heterocycles. The number of hydrogen-bond donors (Lipinski definition) is 1. The van der Waals surface area contributed by atoms with Crippen LogP contribution in [0.3, 0.4) is 0 Å². The number of sulfonamides is 1. The second-order valence-corrected chi connectivity index (χ2v) is 8.91. The minimum atomic E-state index is -3.99. The molecule has 8 heteroatoms. The highest BCUT2D eigenvalue weighted by molar-refractivity contribution is 7.89. The molecule has 0 spiro atoms. The van der Waals surface area contributed by atoms with Crippen LogP contribution in [0.15, 0.2) is 23.1 Å². The fourth-order valence-electron chi connectivity index (χ4n) is 3.55. The lowest BCUT2D eigenvalue weighted by Crippen LogP contribution is -2.42. The number of rotatable bonds is 4. The molecule has 2 atom stereocenters. The Hall–Kier alpha value is -1.51. The summed E-state index contributed by atoms with van der Waals surface area (Å²) in [6.07, 6.45) is 4.19. The molecule has 1 aromatic carbocycles. The molecule has 3 rings (SSSR count). The lowest BCUT2D eigenvalue weighted by atomic mass is 9.86. The highest BCUT2D eigenvalue weighted by Gasteiger charge is 2.30. The summed E-state index contributed by atoms with van der Waals surface area (Å²) in [5.74, 6) is -0.828. The van der Waals surface area contributed by atoms with Gasteiger partial charge in [0, 0.05) is 24.7 Å². The molecule has 1 saturated carbocycles. The van der Waals surface area contributed by atoms with Crippen LogP contribution < -0.4 is 5.32 Å². The van der Waals surface area contributed by atoms with Gasteiger partial charge in [0.25, 0.3) is 5.91 Å². The molecule has 1 saturated heterocycles. The maximum absolute atomic E-state index is 14.2. The van der Waals surface area contributed by atoms with Crippen molar-refractivity contribution in [3.05, 3.63) is 29.6 Å². The van der Waals surface area contributed by atoms with E-state index in [-0.39, 0.29) is 43.8 Å². The molecule has 0 radical (unpaired) electrons. The highest BCUT2D eigenvalue weighted by Crippen LogP contribution is 2.25. The van der Waals surface area contributed by atoms with Gasteiger partial charge in [-0.05, 0) is 37.0 Å². The fraction of sp³-hybridized carbons (Fsp3) is 0.611. The van der Waals surface area contributed by atoms with Crippen LogP contribution in [0, 0.1) is 11.7 Å². The smallest absolute Gasteiger partial charge is 0.251 e. The van der Waals surface area contributed by atoms with Crippen LogP contribution in [0.5, 0.6) is 0 Å². The van der Waals surface area contributed by atoms with Crippen molar-refractivity contribution in [2.75, 3.05) is 26.3 Å². The van der Waals surface area contributed by atoms with Gasteiger partial charge in [-0.25, -0.2) is 12.8 Å². The van der Waals surface area contributed by atoms with E-state index in [1.165, 1.54) is 10.4 Å². The summed E-state index contributed by atoms with van der Waals surface area (Å²) >= 11 is 0. The van der Waals surface area contributed by atoms with Crippen LogP contribution in [-0.2, 0) is 14.8 Å². The number of nitrogens with zero attached hydrogens (tertiary/aromatic N) is 1. The molecule has 1 N–H and O–H groups in total. The first-order chi connectivity index (χ1) is 12.4. The summed E-state index contributed by atoms with van der Waals surface area (Å²) in [6, 6.07) is 3.59. The Kier molecular flexibility index (Phi) is 5.94. The Bertz CT molecular complexity index is 762. The van der Waals surface area contributed by atoms with Gasteiger partial charge in [0.05, 0.1) is 13.2 Å². The molecule has 1 aromatic rings. The van der Waals surface area contributed by atoms with E-state index in [9.17, 15) is 17.6 Å². The molecule has 2 aliphatic rings. The summed E-state index contributed by atoms with van der Waals surface area (Å²) in [4.78, 5) is 12.1. The van der Waals surface area contributed by atoms with Gasteiger partial charge in [-0.1, -0.05) is 19.8 Å². The van der Waals surface area contributed by atoms with E-state index in [1.54, 1.807) is 0 Å². The average Bonchev–Trinajstić information content (AvgIpc) is 2.64. The Morgan fingerprint density at radius 1 is 1.23 bits per heavy atom. The first-order valence-electron chi connectivity index (χ1n) is 9.08. The molecule has 0 aromatic heterocycles. The van der Waals surface area contributed by atoms with Gasteiger partial charge in [0.15, 0.2) is 0 Å². The molecule has 0 bridgehead atoms. The SMILES string of the molecule is CC1CCCCC1NC(=O)c1ccc(F)c(S(=O)(=O)N2CCOCC2)c1. The van der Waals surface area contributed by atoms with Crippen molar-refractivity contribution in [3.8, 4) is 0 Å². The second kappa shape index (κ2) is 8.02. The second-order valence-electron chi connectivity index (χ2n) is 7.00. The Morgan fingerprint density at radius 3 is 2.62 bits per heavy atom. The first kappa shape index (κ1) is 19.3. The quantitative estimate of drug-likeness (QED) is 0.863. The Morgan fingerprint density at radius 2 is 1.92 bits per heavy atom. The van der Waals surface area contributed by atoms with Crippen molar-refractivity contribution in [3.63, 3.8) is 0 Å². The summed E-state index contributed by atoms with van der Waals surface area (Å²) in [7, 11) is -3.99.